The molecule has 0 amide bonds. The van der Waals surface area contributed by atoms with E-state index in [9.17, 15) is 0 Å². The molecule has 2 aliphatic rings. The molecule has 0 spiro atoms. The third kappa shape index (κ3) is 2.99. The molecule has 1 aliphatic heterocycles. The van der Waals surface area contributed by atoms with Gasteiger partial charge in [-0.15, -0.1) is 0 Å². The molecule has 2 heterocycles. The van der Waals surface area contributed by atoms with Crippen LogP contribution in [0.1, 0.15) is 56.0 Å². The number of para-hydroxylation sites is 2. The van der Waals surface area contributed by atoms with Gasteiger partial charge in [-0.25, -0.2) is 4.57 Å². The Bertz CT molecular complexity index is 1430. The first kappa shape index (κ1) is 22.1. The Labute approximate surface area is 209 Å². The van der Waals surface area contributed by atoms with E-state index >= 15 is 0 Å². The minimum atomic E-state index is 0.00968. The molecular formula is C33H35N2+. The number of anilines is 2. The predicted octanol–water partition coefficient (Wildman–Crippen LogP) is 7.56. The quantitative estimate of drug-likeness (QED) is 0.280. The van der Waals surface area contributed by atoms with E-state index in [-0.39, 0.29) is 16.9 Å². The maximum atomic E-state index is 2.64. The highest BCUT2D eigenvalue weighted by molar-refractivity contribution is 5.77. The molecule has 0 saturated heterocycles. The first-order valence-electron chi connectivity index (χ1n) is 12.8. The Balaban J connectivity index is 1.74. The molecule has 1 aliphatic carbocycles. The monoisotopic (exact) mass is 459 g/mol. The minimum Gasteiger partial charge on any atom is -0.333 e. The van der Waals surface area contributed by atoms with Gasteiger partial charge in [-0.3, -0.25) is 0 Å². The van der Waals surface area contributed by atoms with Gasteiger partial charge in [-0.05, 0) is 58.7 Å². The molecule has 3 aromatic carbocycles. The Kier molecular flexibility index (Phi) is 4.77. The van der Waals surface area contributed by atoms with Crippen molar-refractivity contribution in [2.24, 2.45) is 13.0 Å². The Morgan fingerprint density at radius 1 is 0.714 bits per heavy atom. The van der Waals surface area contributed by atoms with Crippen molar-refractivity contribution in [2.75, 3.05) is 4.90 Å². The third-order valence-electron chi connectivity index (χ3n) is 8.79. The number of nitrogens with zero attached hydrogens (tertiary/aromatic N) is 2. The van der Waals surface area contributed by atoms with E-state index in [1.807, 2.05) is 0 Å². The van der Waals surface area contributed by atoms with Crippen LogP contribution >= 0.6 is 0 Å². The molecule has 176 valence electrons. The fourth-order valence-corrected chi connectivity index (χ4v) is 7.44. The Hall–Kier alpha value is -3.39. The first-order valence-corrected chi connectivity index (χ1v) is 12.8. The van der Waals surface area contributed by atoms with E-state index in [4.69, 9.17) is 0 Å². The van der Waals surface area contributed by atoms with Crippen LogP contribution in [0.4, 0.5) is 11.4 Å². The summed E-state index contributed by atoms with van der Waals surface area (Å²) in [5.74, 6) is 0.408. The molecular weight excluding hydrogens is 424 g/mol. The van der Waals surface area contributed by atoms with Crippen LogP contribution in [0.3, 0.4) is 0 Å². The number of pyridine rings is 1. The predicted molar refractivity (Wildman–Crippen MR) is 145 cm³/mol. The summed E-state index contributed by atoms with van der Waals surface area (Å²) in [7, 11) is 2.21. The van der Waals surface area contributed by atoms with Crippen LogP contribution in [0.15, 0.2) is 91.1 Å². The summed E-state index contributed by atoms with van der Waals surface area (Å²) in [6, 6.07) is 31.5. The summed E-state index contributed by atoms with van der Waals surface area (Å²) < 4.78 is 2.34. The van der Waals surface area contributed by atoms with Crippen LogP contribution in [0.25, 0.3) is 11.3 Å². The molecule has 0 fully saturated rings. The topological polar surface area (TPSA) is 7.12 Å². The second-order valence-corrected chi connectivity index (χ2v) is 11.5. The lowest BCUT2D eigenvalue weighted by Crippen LogP contribution is -2.49. The molecule has 35 heavy (non-hydrogen) atoms. The first-order chi connectivity index (χ1) is 16.7. The van der Waals surface area contributed by atoms with Gasteiger partial charge in [0.05, 0.1) is 11.6 Å². The van der Waals surface area contributed by atoms with Crippen molar-refractivity contribution < 1.29 is 4.57 Å². The number of aromatic nitrogens is 1. The summed E-state index contributed by atoms with van der Waals surface area (Å²) in [6.07, 6.45) is 2.27. The van der Waals surface area contributed by atoms with Crippen LogP contribution in [0.5, 0.6) is 0 Å². The Morgan fingerprint density at radius 2 is 1.34 bits per heavy atom. The van der Waals surface area contributed by atoms with Crippen molar-refractivity contribution in [3.8, 4) is 11.3 Å². The fraction of sp³-hybridized carbons (Fsp3) is 0.303. The molecule has 0 bridgehead atoms. The van der Waals surface area contributed by atoms with Crippen molar-refractivity contribution in [1.82, 2.24) is 0 Å². The number of rotatable bonds is 2. The standard InChI is InChI=1S/C33H35N2/c1-22-14-10-11-17-24(22)29-28-26(20-21-34(29)6)33(4,5)31-30(28)35(23-15-8-7-9-16-23)27-19-13-12-18-25(27)32(31,2)3/h7-21,30-31H,1-6H3/q+1. The fourth-order valence-electron chi connectivity index (χ4n) is 7.44. The molecule has 2 nitrogen and oxygen atoms in total. The summed E-state index contributed by atoms with van der Waals surface area (Å²) in [6.45, 7) is 12.1. The van der Waals surface area contributed by atoms with Crippen molar-refractivity contribution in [1.29, 1.82) is 0 Å². The molecule has 2 unspecified atom stereocenters. The highest BCUT2D eigenvalue weighted by Gasteiger charge is 2.60. The SMILES string of the molecule is Cc1ccccc1-c1c2c(cc[n+]1C)C(C)(C)C1C2N(c2ccccc2)c2ccccc2C1(C)C. The largest absolute Gasteiger partial charge is 0.333 e. The maximum Gasteiger partial charge on any atom is 0.218 e. The van der Waals surface area contributed by atoms with Crippen LogP contribution in [-0.4, -0.2) is 0 Å². The zero-order valence-corrected chi connectivity index (χ0v) is 21.7. The molecule has 2 heteroatoms. The second-order valence-electron chi connectivity index (χ2n) is 11.5. The zero-order chi connectivity index (χ0) is 24.5. The van der Waals surface area contributed by atoms with Crippen molar-refractivity contribution >= 4 is 11.4 Å². The van der Waals surface area contributed by atoms with Gasteiger partial charge in [-0.1, -0.05) is 82.3 Å². The Morgan fingerprint density at radius 3 is 2.09 bits per heavy atom. The average Bonchev–Trinajstić information content (AvgIpc) is 3.08. The number of benzene rings is 3. The van der Waals surface area contributed by atoms with Gasteiger partial charge < -0.3 is 4.90 Å². The normalized spacial score (nSPS) is 21.3. The van der Waals surface area contributed by atoms with Crippen molar-refractivity contribution in [2.45, 2.75) is 51.5 Å². The second kappa shape index (κ2) is 7.55. The minimum absolute atomic E-state index is 0.00968. The van der Waals surface area contributed by atoms with Crippen LogP contribution in [0.2, 0.25) is 0 Å². The van der Waals surface area contributed by atoms with E-state index in [1.54, 1.807) is 0 Å². The van der Waals surface area contributed by atoms with Gasteiger partial charge in [0.2, 0.25) is 5.69 Å². The number of fused-ring (bicyclic) bond motifs is 4. The number of hydrogen-bond donors (Lipinski definition) is 0. The van der Waals surface area contributed by atoms with E-state index in [2.05, 4.69) is 142 Å². The van der Waals surface area contributed by atoms with Crippen molar-refractivity contribution in [3.05, 3.63) is 113 Å². The molecule has 2 atom stereocenters. The molecule has 6 rings (SSSR count). The average molecular weight is 460 g/mol. The summed E-state index contributed by atoms with van der Waals surface area (Å²) >= 11 is 0. The summed E-state index contributed by atoms with van der Waals surface area (Å²) in [5.41, 5.74) is 11.0. The van der Waals surface area contributed by atoms with Gasteiger partial charge in [-0.2, -0.15) is 0 Å². The molecule has 4 aromatic rings. The highest BCUT2D eigenvalue weighted by Crippen LogP contribution is 2.65. The lowest BCUT2D eigenvalue weighted by molar-refractivity contribution is -0.660. The van der Waals surface area contributed by atoms with E-state index in [0.29, 0.717) is 5.92 Å². The van der Waals surface area contributed by atoms with Gasteiger partial charge in [0.25, 0.3) is 0 Å². The van der Waals surface area contributed by atoms with Crippen LogP contribution < -0.4 is 9.47 Å². The van der Waals surface area contributed by atoms with Gasteiger partial charge in [0.15, 0.2) is 6.20 Å². The van der Waals surface area contributed by atoms with Gasteiger partial charge >= 0.3 is 0 Å². The van der Waals surface area contributed by atoms with Gasteiger partial charge in [0, 0.05) is 28.9 Å². The van der Waals surface area contributed by atoms with Crippen LogP contribution in [-0.2, 0) is 17.9 Å². The molecule has 0 saturated carbocycles. The lowest BCUT2D eigenvalue weighted by Gasteiger charge is -2.53. The summed E-state index contributed by atoms with van der Waals surface area (Å²) in [5, 5.41) is 0. The zero-order valence-electron chi connectivity index (χ0n) is 21.7. The number of aryl methyl sites for hydroxylation is 2. The molecule has 0 radical (unpaired) electrons. The van der Waals surface area contributed by atoms with Gasteiger partial charge in [0.1, 0.15) is 7.05 Å². The highest BCUT2D eigenvalue weighted by atomic mass is 15.2. The third-order valence-corrected chi connectivity index (χ3v) is 8.79. The maximum absolute atomic E-state index is 2.64. The van der Waals surface area contributed by atoms with Crippen LogP contribution in [0, 0.1) is 12.8 Å². The van der Waals surface area contributed by atoms with E-state index < -0.39 is 0 Å². The summed E-state index contributed by atoms with van der Waals surface area (Å²) in [4.78, 5) is 2.64. The smallest absolute Gasteiger partial charge is 0.218 e. The van der Waals surface area contributed by atoms with E-state index in [0.717, 1.165) is 0 Å². The molecule has 1 aromatic heterocycles. The number of hydrogen-bond acceptors (Lipinski definition) is 1. The van der Waals surface area contributed by atoms with E-state index in [1.165, 1.54) is 44.9 Å². The molecule has 0 N–H and O–H groups in total. The van der Waals surface area contributed by atoms with Crippen molar-refractivity contribution in [3.63, 3.8) is 0 Å². The lowest BCUT2D eigenvalue weighted by atomic mass is 9.59.